The Hall–Kier alpha value is -1.63. The second-order valence-corrected chi connectivity index (χ2v) is 18.1. The predicted octanol–water partition coefficient (Wildman–Crippen LogP) is 5.33. The van der Waals surface area contributed by atoms with Crippen LogP contribution in [0.3, 0.4) is 0 Å². The Morgan fingerprint density at radius 2 is 1.44 bits per heavy atom. The SMILES string of the molecule is CCCCCNc1cc(C#C[Si](C)(C)C)c(N)cc1C#C[Si](C)(C)C. The minimum atomic E-state index is -1.43. The third-order valence-electron chi connectivity index (χ3n) is 3.43. The third-order valence-corrected chi connectivity index (χ3v) is 5.18. The topological polar surface area (TPSA) is 38.0 Å². The van der Waals surface area contributed by atoms with Crippen molar-refractivity contribution in [2.45, 2.75) is 65.5 Å². The van der Waals surface area contributed by atoms with Gasteiger partial charge in [0, 0.05) is 23.4 Å². The predicted molar refractivity (Wildman–Crippen MR) is 119 cm³/mol. The summed E-state index contributed by atoms with van der Waals surface area (Å²) in [6, 6.07) is 4.08. The minimum absolute atomic E-state index is 0.727. The van der Waals surface area contributed by atoms with Crippen molar-refractivity contribution in [2.24, 2.45) is 0 Å². The van der Waals surface area contributed by atoms with Gasteiger partial charge >= 0.3 is 0 Å². The first-order chi connectivity index (χ1) is 11.5. The van der Waals surface area contributed by atoms with Crippen LogP contribution in [0.5, 0.6) is 0 Å². The van der Waals surface area contributed by atoms with Gasteiger partial charge in [-0.3, -0.25) is 0 Å². The van der Waals surface area contributed by atoms with Crippen LogP contribution in [0, 0.1) is 22.9 Å². The van der Waals surface area contributed by atoms with Gasteiger partial charge in [-0.25, -0.2) is 0 Å². The van der Waals surface area contributed by atoms with Gasteiger partial charge in [0.05, 0.1) is 5.69 Å². The molecule has 4 heteroatoms. The molecule has 0 radical (unpaired) electrons. The summed E-state index contributed by atoms with van der Waals surface area (Å²) in [6.07, 6.45) is 3.62. The number of nitrogen functional groups attached to an aromatic ring is 1. The van der Waals surface area contributed by atoms with Crippen LogP contribution in [0.1, 0.15) is 37.3 Å². The average molecular weight is 371 g/mol. The first-order valence-electron chi connectivity index (χ1n) is 9.25. The summed E-state index contributed by atoms with van der Waals surface area (Å²) in [5, 5.41) is 3.55. The van der Waals surface area contributed by atoms with Crippen LogP contribution in [0.25, 0.3) is 0 Å². The fourth-order valence-corrected chi connectivity index (χ4v) is 3.10. The van der Waals surface area contributed by atoms with Gasteiger partial charge in [-0.05, 0) is 18.6 Å². The number of anilines is 2. The highest BCUT2D eigenvalue weighted by atomic mass is 28.3. The molecule has 3 N–H and O–H groups in total. The number of nitrogens with two attached hydrogens (primary N) is 1. The van der Waals surface area contributed by atoms with Crippen LogP contribution in [-0.2, 0) is 0 Å². The van der Waals surface area contributed by atoms with Gasteiger partial charge in [0.15, 0.2) is 0 Å². The minimum Gasteiger partial charge on any atom is -0.398 e. The van der Waals surface area contributed by atoms with E-state index < -0.39 is 16.1 Å². The van der Waals surface area contributed by atoms with E-state index in [-0.39, 0.29) is 0 Å². The van der Waals surface area contributed by atoms with Gasteiger partial charge < -0.3 is 11.1 Å². The van der Waals surface area contributed by atoms with Crippen LogP contribution >= 0.6 is 0 Å². The van der Waals surface area contributed by atoms with Gasteiger partial charge in [0.2, 0.25) is 0 Å². The molecular formula is C21H34N2Si2. The fraction of sp³-hybridized carbons (Fsp3) is 0.524. The average Bonchev–Trinajstić information content (AvgIpc) is 2.48. The number of benzene rings is 1. The number of hydrogen-bond acceptors (Lipinski definition) is 2. The normalized spacial score (nSPS) is 11.2. The lowest BCUT2D eigenvalue weighted by molar-refractivity contribution is 0.743. The summed E-state index contributed by atoms with van der Waals surface area (Å²) in [4.78, 5) is 0. The highest BCUT2D eigenvalue weighted by Gasteiger charge is 2.11. The largest absolute Gasteiger partial charge is 0.398 e. The molecule has 1 aromatic carbocycles. The Labute approximate surface area is 157 Å². The molecule has 1 aromatic rings. The Balaban J connectivity index is 3.23. The molecule has 0 fully saturated rings. The smallest absolute Gasteiger partial charge is 0.129 e. The molecule has 0 unspecified atom stereocenters. The summed E-state index contributed by atoms with van der Waals surface area (Å²) >= 11 is 0. The molecule has 0 bridgehead atoms. The molecule has 0 aliphatic heterocycles. The van der Waals surface area contributed by atoms with E-state index >= 15 is 0 Å². The molecule has 0 atom stereocenters. The highest BCUT2D eigenvalue weighted by molar-refractivity contribution is 6.84. The molecule has 0 spiro atoms. The van der Waals surface area contributed by atoms with E-state index in [0.717, 1.165) is 35.5 Å². The van der Waals surface area contributed by atoms with Crippen molar-refractivity contribution in [1.82, 2.24) is 0 Å². The van der Waals surface area contributed by atoms with Crippen molar-refractivity contribution in [3.63, 3.8) is 0 Å². The molecule has 0 heterocycles. The summed E-state index contributed by atoms with van der Waals surface area (Å²) in [5.74, 6) is 6.67. The Bertz CT molecular complexity index is 702. The molecule has 0 aromatic heterocycles. The zero-order valence-corrected chi connectivity index (χ0v) is 19.1. The van der Waals surface area contributed by atoms with Crippen LogP contribution in [0.4, 0.5) is 11.4 Å². The van der Waals surface area contributed by atoms with E-state index in [1.807, 2.05) is 6.07 Å². The van der Waals surface area contributed by atoms with Crippen LogP contribution in [0.15, 0.2) is 12.1 Å². The molecule has 25 heavy (non-hydrogen) atoms. The Morgan fingerprint density at radius 1 is 0.880 bits per heavy atom. The van der Waals surface area contributed by atoms with E-state index in [0.29, 0.717) is 0 Å². The molecule has 0 saturated carbocycles. The summed E-state index contributed by atoms with van der Waals surface area (Å²) < 4.78 is 0. The lowest BCUT2D eigenvalue weighted by atomic mass is 10.1. The molecule has 0 aliphatic carbocycles. The van der Waals surface area contributed by atoms with Gasteiger partial charge in [0.25, 0.3) is 0 Å². The number of nitrogens with one attached hydrogen (secondary N) is 1. The van der Waals surface area contributed by atoms with E-state index in [2.05, 4.69) is 80.5 Å². The lowest BCUT2D eigenvalue weighted by Crippen LogP contribution is -2.16. The van der Waals surface area contributed by atoms with E-state index in [9.17, 15) is 0 Å². The van der Waals surface area contributed by atoms with Crippen molar-refractivity contribution >= 4 is 27.5 Å². The van der Waals surface area contributed by atoms with Crippen LogP contribution in [0.2, 0.25) is 39.3 Å². The van der Waals surface area contributed by atoms with Gasteiger partial charge in [0.1, 0.15) is 16.1 Å². The molecule has 136 valence electrons. The maximum absolute atomic E-state index is 6.26. The van der Waals surface area contributed by atoms with Crippen molar-refractivity contribution in [3.05, 3.63) is 23.3 Å². The maximum Gasteiger partial charge on any atom is 0.129 e. The number of hydrogen-bond donors (Lipinski definition) is 2. The third kappa shape index (κ3) is 8.86. The zero-order valence-electron chi connectivity index (χ0n) is 17.1. The molecule has 0 amide bonds. The van der Waals surface area contributed by atoms with E-state index in [1.54, 1.807) is 0 Å². The zero-order chi connectivity index (χ0) is 19.1. The molecule has 1 rings (SSSR count). The van der Waals surface area contributed by atoms with E-state index in [4.69, 9.17) is 5.73 Å². The number of unbranched alkanes of at least 4 members (excludes halogenated alkanes) is 2. The second kappa shape index (κ2) is 9.18. The second-order valence-electron chi connectivity index (χ2n) is 8.62. The first-order valence-corrected chi connectivity index (χ1v) is 16.3. The monoisotopic (exact) mass is 370 g/mol. The van der Waals surface area contributed by atoms with Crippen molar-refractivity contribution in [2.75, 3.05) is 17.6 Å². The Kier molecular flexibility index (Phi) is 7.86. The molecule has 2 nitrogen and oxygen atoms in total. The molecule has 0 aliphatic rings. The van der Waals surface area contributed by atoms with E-state index in [1.165, 1.54) is 12.8 Å². The quantitative estimate of drug-likeness (QED) is 0.318. The standard InChI is InChI=1S/C21H34N2Si2/c1-8-9-10-13-23-21-17-18(11-14-24(2,3)4)20(22)16-19(21)12-15-25(5,6)7/h16-17,23H,8-10,13,22H2,1-7H3. The molecule has 0 saturated heterocycles. The summed E-state index contributed by atoms with van der Waals surface area (Å²) in [6.45, 7) is 16.7. The van der Waals surface area contributed by atoms with Crippen molar-refractivity contribution < 1.29 is 0 Å². The molecular weight excluding hydrogens is 336 g/mol. The lowest BCUT2D eigenvalue weighted by Gasteiger charge is -2.12. The van der Waals surface area contributed by atoms with Crippen LogP contribution in [-0.4, -0.2) is 22.7 Å². The van der Waals surface area contributed by atoms with Gasteiger partial charge in [-0.2, -0.15) is 0 Å². The fourth-order valence-electron chi connectivity index (χ4n) is 2.08. The highest BCUT2D eigenvalue weighted by Crippen LogP contribution is 2.23. The first kappa shape index (κ1) is 21.4. The Morgan fingerprint density at radius 3 is 1.96 bits per heavy atom. The summed E-state index contributed by atoms with van der Waals surface area (Å²) in [5.41, 5.74) is 16.8. The van der Waals surface area contributed by atoms with Crippen molar-refractivity contribution in [1.29, 1.82) is 0 Å². The number of rotatable bonds is 5. The van der Waals surface area contributed by atoms with Crippen LogP contribution < -0.4 is 11.1 Å². The van der Waals surface area contributed by atoms with Crippen molar-refractivity contribution in [3.8, 4) is 22.9 Å². The summed E-state index contributed by atoms with van der Waals surface area (Å²) in [7, 11) is -2.86. The van der Waals surface area contributed by atoms with Gasteiger partial charge in [-0.1, -0.05) is 70.9 Å². The van der Waals surface area contributed by atoms with Gasteiger partial charge in [-0.15, -0.1) is 11.1 Å². The maximum atomic E-state index is 6.26.